The molecule has 1 amide bonds. The third kappa shape index (κ3) is 3.24. The number of H-pyrrole nitrogens is 1. The summed E-state index contributed by atoms with van der Waals surface area (Å²) < 4.78 is 6.66. The van der Waals surface area contributed by atoms with Crippen LogP contribution in [0.2, 0.25) is 0 Å². The number of anilines is 1. The lowest BCUT2D eigenvalue weighted by atomic mass is 9.95. The van der Waals surface area contributed by atoms with E-state index in [-0.39, 0.29) is 11.9 Å². The molecule has 154 valence electrons. The minimum atomic E-state index is -0.362. The molecule has 4 aromatic rings. The van der Waals surface area contributed by atoms with E-state index in [4.69, 9.17) is 4.74 Å². The van der Waals surface area contributed by atoms with Gasteiger partial charge in [0.05, 0.1) is 18.8 Å². The number of fused-ring (bicyclic) bond motifs is 1. The highest BCUT2D eigenvalue weighted by Gasteiger charge is 2.44. The fourth-order valence-corrected chi connectivity index (χ4v) is 4.40. The summed E-state index contributed by atoms with van der Waals surface area (Å²) >= 11 is 3.49. The lowest BCUT2D eigenvalue weighted by Crippen LogP contribution is -2.29. The van der Waals surface area contributed by atoms with Crippen LogP contribution < -0.4 is 9.64 Å². The third-order valence-corrected chi connectivity index (χ3v) is 6.16. The van der Waals surface area contributed by atoms with Gasteiger partial charge in [0, 0.05) is 26.9 Å². The summed E-state index contributed by atoms with van der Waals surface area (Å²) in [6.45, 7) is 2.03. The lowest BCUT2D eigenvalue weighted by Gasteiger charge is -2.27. The molecule has 0 spiro atoms. The Balaban J connectivity index is 1.75. The fraction of sp³-hybridized carbons (Fsp3) is 0.120. The van der Waals surface area contributed by atoms with Gasteiger partial charge in [-0.25, -0.2) is 0 Å². The summed E-state index contributed by atoms with van der Waals surface area (Å²) in [6, 6.07) is 23.4. The number of amides is 1. The van der Waals surface area contributed by atoms with Crippen molar-refractivity contribution in [2.75, 3.05) is 12.0 Å². The highest BCUT2D eigenvalue weighted by Crippen LogP contribution is 2.47. The first kappa shape index (κ1) is 19.6. The van der Waals surface area contributed by atoms with E-state index in [2.05, 4.69) is 26.1 Å². The molecule has 0 bridgehead atoms. The predicted molar refractivity (Wildman–Crippen MR) is 125 cm³/mol. The number of benzene rings is 3. The molecule has 0 saturated heterocycles. The Morgan fingerprint density at radius 2 is 1.71 bits per heavy atom. The van der Waals surface area contributed by atoms with E-state index >= 15 is 0 Å². The van der Waals surface area contributed by atoms with Gasteiger partial charge >= 0.3 is 0 Å². The number of carbonyl (C=O) groups excluding carboxylic acids is 1. The maximum Gasteiger partial charge on any atom is 0.277 e. The molecule has 6 heteroatoms. The molecule has 1 atom stereocenters. The second-order valence-corrected chi connectivity index (χ2v) is 8.44. The average Bonchev–Trinajstić information content (AvgIpc) is 3.34. The van der Waals surface area contributed by atoms with Crippen molar-refractivity contribution >= 4 is 27.5 Å². The smallest absolute Gasteiger partial charge is 0.277 e. The molecule has 5 nitrogen and oxygen atoms in total. The molecule has 3 aromatic carbocycles. The van der Waals surface area contributed by atoms with Crippen molar-refractivity contribution in [2.24, 2.45) is 0 Å². The van der Waals surface area contributed by atoms with E-state index in [1.165, 1.54) is 0 Å². The molecule has 0 aliphatic carbocycles. The number of rotatable bonds is 4. The first-order valence-electron chi connectivity index (χ1n) is 9.96. The Morgan fingerprint density at radius 1 is 1.00 bits per heavy atom. The summed E-state index contributed by atoms with van der Waals surface area (Å²) in [4.78, 5) is 15.4. The number of para-hydroxylation sites is 1. The Kier molecular flexibility index (Phi) is 4.87. The Labute approximate surface area is 188 Å². The topological polar surface area (TPSA) is 58.2 Å². The van der Waals surface area contributed by atoms with Gasteiger partial charge in [0.15, 0.2) is 0 Å². The number of halogens is 1. The van der Waals surface area contributed by atoms with Crippen molar-refractivity contribution in [3.63, 3.8) is 0 Å². The van der Waals surface area contributed by atoms with Crippen LogP contribution in [-0.2, 0) is 0 Å². The Morgan fingerprint density at radius 3 is 2.42 bits per heavy atom. The van der Waals surface area contributed by atoms with Gasteiger partial charge in [0.2, 0.25) is 0 Å². The van der Waals surface area contributed by atoms with E-state index in [9.17, 15) is 4.79 Å². The van der Waals surface area contributed by atoms with Gasteiger partial charge < -0.3 is 4.74 Å². The lowest BCUT2D eigenvalue weighted by molar-refractivity contribution is 0.0988. The van der Waals surface area contributed by atoms with Gasteiger partial charge in [-0.1, -0.05) is 64.0 Å². The molecule has 1 N–H and O–H groups in total. The largest absolute Gasteiger partial charge is 0.496 e. The molecule has 0 saturated carbocycles. The second-order valence-electron chi connectivity index (χ2n) is 7.52. The monoisotopic (exact) mass is 473 g/mol. The Hall–Kier alpha value is -3.38. The van der Waals surface area contributed by atoms with E-state index in [1.807, 2.05) is 84.6 Å². The molecule has 1 unspecified atom stereocenters. The number of aromatic amines is 1. The fourth-order valence-electron chi connectivity index (χ4n) is 4.13. The van der Waals surface area contributed by atoms with E-state index in [1.54, 1.807) is 7.11 Å². The molecule has 31 heavy (non-hydrogen) atoms. The zero-order valence-electron chi connectivity index (χ0n) is 17.1. The zero-order valence-corrected chi connectivity index (χ0v) is 18.7. The minimum Gasteiger partial charge on any atom is -0.496 e. The molecular weight excluding hydrogens is 454 g/mol. The quantitative estimate of drug-likeness (QED) is 0.400. The molecule has 1 aliphatic heterocycles. The van der Waals surface area contributed by atoms with Gasteiger partial charge in [-0.2, -0.15) is 5.10 Å². The molecule has 2 heterocycles. The van der Waals surface area contributed by atoms with Crippen LogP contribution in [0, 0.1) is 6.92 Å². The number of carbonyl (C=O) groups is 1. The van der Waals surface area contributed by atoms with Gasteiger partial charge in [-0.3, -0.25) is 14.8 Å². The van der Waals surface area contributed by atoms with Crippen molar-refractivity contribution in [3.8, 4) is 17.0 Å². The van der Waals surface area contributed by atoms with Crippen LogP contribution in [0.5, 0.6) is 5.75 Å². The van der Waals surface area contributed by atoms with Crippen LogP contribution in [0.4, 0.5) is 5.69 Å². The maximum absolute atomic E-state index is 13.6. The second kappa shape index (κ2) is 7.71. The van der Waals surface area contributed by atoms with Crippen LogP contribution in [0.15, 0.2) is 77.3 Å². The minimum absolute atomic E-state index is 0.106. The SMILES string of the molecule is COc1ccccc1C1c2c(-c3ccc(Br)cc3)n[nH]c2C(=O)N1c1ccc(C)cc1. The molecule has 0 fully saturated rings. The Bertz CT molecular complexity index is 1260. The van der Waals surface area contributed by atoms with E-state index in [0.29, 0.717) is 5.69 Å². The van der Waals surface area contributed by atoms with E-state index < -0.39 is 0 Å². The van der Waals surface area contributed by atoms with Crippen molar-refractivity contribution in [1.29, 1.82) is 0 Å². The number of ether oxygens (including phenoxy) is 1. The van der Waals surface area contributed by atoms with Crippen molar-refractivity contribution < 1.29 is 9.53 Å². The summed E-state index contributed by atoms with van der Waals surface area (Å²) in [5.74, 6) is 0.624. The van der Waals surface area contributed by atoms with Crippen LogP contribution in [0.25, 0.3) is 11.3 Å². The van der Waals surface area contributed by atoms with Gasteiger partial charge in [0.1, 0.15) is 11.4 Å². The van der Waals surface area contributed by atoms with Gasteiger partial charge in [-0.15, -0.1) is 0 Å². The summed E-state index contributed by atoms with van der Waals surface area (Å²) in [7, 11) is 1.65. The summed E-state index contributed by atoms with van der Waals surface area (Å²) in [5, 5.41) is 7.54. The van der Waals surface area contributed by atoms with E-state index in [0.717, 1.165) is 43.9 Å². The molecule has 1 aliphatic rings. The van der Waals surface area contributed by atoms with Gasteiger partial charge in [0.25, 0.3) is 5.91 Å². The third-order valence-electron chi connectivity index (χ3n) is 5.63. The van der Waals surface area contributed by atoms with Crippen LogP contribution in [0.3, 0.4) is 0 Å². The summed E-state index contributed by atoms with van der Waals surface area (Å²) in [5.41, 5.74) is 5.96. The predicted octanol–water partition coefficient (Wildman–Crippen LogP) is 5.91. The zero-order chi connectivity index (χ0) is 21.5. The number of methoxy groups -OCH3 is 1. The highest BCUT2D eigenvalue weighted by molar-refractivity contribution is 9.10. The molecular formula is C25H20BrN3O2. The van der Waals surface area contributed by atoms with Crippen LogP contribution in [0.1, 0.15) is 33.2 Å². The number of aromatic nitrogens is 2. The average molecular weight is 474 g/mol. The first-order valence-corrected chi connectivity index (χ1v) is 10.7. The number of hydrogen-bond acceptors (Lipinski definition) is 3. The van der Waals surface area contributed by atoms with Crippen LogP contribution in [-0.4, -0.2) is 23.2 Å². The highest BCUT2D eigenvalue weighted by atomic mass is 79.9. The number of nitrogens with one attached hydrogen (secondary N) is 1. The maximum atomic E-state index is 13.6. The number of aryl methyl sites for hydroxylation is 1. The van der Waals surface area contributed by atoms with Crippen molar-refractivity contribution in [3.05, 3.63) is 99.7 Å². The van der Waals surface area contributed by atoms with Crippen LogP contribution >= 0.6 is 15.9 Å². The number of nitrogens with zero attached hydrogens (tertiary/aromatic N) is 2. The van der Waals surface area contributed by atoms with Crippen molar-refractivity contribution in [2.45, 2.75) is 13.0 Å². The number of hydrogen-bond donors (Lipinski definition) is 1. The van der Waals surface area contributed by atoms with Crippen molar-refractivity contribution in [1.82, 2.24) is 10.2 Å². The standard InChI is InChI=1S/C25H20BrN3O2/c1-15-7-13-18(14-8-15)29-24(19-5-3-4-6-20(19)31-2)21-22(27-28-23(21)25(29)30)16-9-11-17(26)12-10-16/h3-14,24H,1-2H3,(H,27,28). The molecule has 1 aromatic heterocycles. The molecule has 0 radical (unpaired) electrons. The normalized spacial score (nSPS) is 15.3. The first-order chi connectivity index (χ1) is 15.1. The van der Waals surface area contributed by atoms with Gasteiger partial charge in [-0.05, 0) is 37.3 Å². The summed E-state index contributed by atoms with van der Waals surface area (Å²) in [6.07, 6.45) is 0. The molecule has 5 rings (SSSR count).